The fourth-order valence-corrected chi connectivity index (χ4v) is 6.16. The van der Waals surface area contributed by atoms with Crippen LogP contribution in [-0.2, 0) is 14.8 Å². The Labute approximate surface area is 189 Å². The van der Waals surface area contributed by atoms with Crippen LogP contribution in [0.1, 0.15) is 46.5 Å². The molecule has 2 aliphatic heterocycles. The molecule has 0 spiro atoms. The first-order valence-corrected chi connectivity index (χ1v) is 12.7. The average Bonchev–Trinajstić information content (AvgIpc) is 3.47. The molecule has 4 N–H and O–H groups in total. The predicted molar refractivity (Wildman–Crippen MR) is 121 cm³/mol. The number of nitrogens with zero attached hydrogens (tertiary/aromatic N) is 2. The van der Waals surface area contributed by atoms with E-state index in [9.17, 15) is 18.5 Å². The second-order valence-corrected chi connectivity index (χ2v) is 11.7. The van der Waals surface area contributed by atoms with Gasteiger partial charge >= 0.3 is 0 Å². The maximum Gasteiger partial charge on any atom is 0.241 e. The van der Waals surface area contributed by atoms with Gasteiger partial charge in [-0.25, -0.2) is 23.6 Å². The normalized spacial score (nSPS) is 27.3. The number of carbonyl (C=O) groups excluding carboxylic acids is 1. The highest BCUT2D eigenvalue weighted by Gasteiger charge is 2.51. The zero-order valence-corrected chi connectivity index (χ0v) is 19.6. The van der Waals surface area contributed by atoms with Gasteiger partial charge in [0.1, 0.15) is 6.17 Å². The molecular weight excluding hydrogens is 428 g/mol. The van der Waals surface area contributed by atoms with E-state index in [-0.39, 0.29) is 35.0 Å². The minimum Gasteiger partial charge on any atom is -0.368 e. The number of carbonyl (C=O) groups is 1. The number of anilines is 1. The molecule has 1 aliphatic carbocycles. The van der Waals surface area contributed by atoms with Crippen LogP contribution in [0, 0.1) is 23.2 Å². The second-order valence-electron chi connectivity index (χ2n) is 9.98. The van der Waals surface area contributed by atoms with Crippen LogP contribution in [0.25, 0.3) is 0 Å². The number of fused-ring (bicyclic) bond motifs is 1. The molecule has 174 valence electrons. The highest BCUT2D eigenvalue weighted by molar-refractivity contribution is 7.89. The van der Waals surface area contributed by atoms with Crippen molar-refractivity contribution in [3.05, 3.63) is 24.3 Å². The summed E-state index contributed by atoms with van der Waals surface area (Å²) in [5.74, 6) is 0.190. The van der Waals surface area contributed by atoms with E-state index in [1.54, 1.807) is 45.0 Å². The summed E-state index contributed by atoms with van der Waals surface area (Å²) in [6.07, 6.45) is 3.15. The van der Waals surface area contributed by atoms with E-state index in [0.717, 1.165) is 24.9 Å². The van der Waals surface area contributed by atoms with E-state index in [2.05, 4.69) is 31.9 Å². The molecule has 0 bridgehead atoms. The van der Waals surface area contributed by atoms with Crippen LogP contribution in [0.15, 0.2) is 29.2 Å². The van der Waals surface area contributed by atoms with Crippen molar-refractivity contribution < 1.29 is 13.2 Å². The maximum absolute atomic E-state index is 12.7. The Morgan fingerprint density at radius 2 is 1.91 bits per heavy atom. The van der Waals surface area contributed by atoms with Gasteiger partial charge in [0.25, 0.3) is 0 Å². The summed E-state index contributed by atoms with van der Waals surface area (Å²) in [6.45, 7) is 6.02. The monoisotopic (exact) mass is 460 g/mol. The second kappa shape index (κ2) is 8.63. The Kier molecular flexibility index (Phi) is 6.20. The lowest BCUT2D eigenvalue weighted by Crippen LogP contribution is -2.52. The van der Waals surface area contributed by atoms with Crippen molar-refractivity contribution in [2.45, 2.75) is 75.1 Å². The molecule has 10 heteroatoms. The van der Waals surface area contributed by atoms with Crippen molar-refractivity contribution in [3.8, 4) is 6.07 Å². The number of hydrazine groups is 1. The van der Waals surface area contributed by atoms with E-state index in [1.807, 2.05) is 0 Å². The van der Waals surface area contributed by atoms with Gasteiger partial charge in [0.05, 0.1) is 23.3 Å². The molecule has 3 unspecified atom stereocenters. The van der Waals surface area contributed by atoms with Crippen LogP contribution >= 0.6 is 0 Å². The molecule has 1 saturated carbocycles. The van der Waals surface area contributed by atoms with Gasteiger partial charge < -0.3 is 10.6 Å². The molecule has 0 aromatic heterocycles. The number of amides is 1. The van der Waals surface area contributed by atoms with Gasteiger partial charge in [0.15, 0.2) is 0 Å². The topological polar surface area (TPSA) is 126 Å². The molecule has 1 aromatic carbocycles. The zero-order chi connectivity index (χ0) is 23.1. The Morgan fingerprint density at radius 3 is 2.50 bits per heavy atom. The third kappa shape index (κ3) is 4.91. The molecule has 2 heterocycles. The van der Waals surface area contributed by atoms with Crippen LogP contribution in [0.2, 0.25) is 0 Å². The zero-order valence-electron chi connectivity index (χ0n) is 18.8. The number of benzene rings is 1. The molecule has 3 aliphatic rings. The summed E-state index contributed by atoms with van der Waals surface area (Å²) in [5, 5.41) is 17.8. The molecule has 1 aromatic rings. The van der Waals surface area contributed by atoms with E-state index >= 15 is 0 Å². The summed E-state index contributed by atoms with van der Waals surface area (Å²) in [6, 6.07) is 8.98. The summed E-state index contributed by atoms with van der Waals surface area (Å²) in [7, 11) is -3.62. The molecule has 9 nitrogen and oxygen atoms in total. The minimum absolute atomic E-state index is 0.00571. The number of sulfonamides is 1. The number of hydrogen-bond acceptors (Lipinski definition) is 7. The Morgan fingerprint density at radius 1 is 1.22 bits per heavy atom. The van der Waals surface area contributed by atoms with Crippen molar-refractivity contribution in [3.63, 3.8) is 0 Å². The predicted octanol–water partition coefficient (Wildman–Crippen LogP) is 1.52. The Balaban J connectivity index is 1.52. The standard InChI is InChI=1S/C22H32N6O3S/c1-22(2,3)27-32(30,31)16-8-6-15(7-9-16)25-20-19-18(11-13-24-21(19)29)28(26-20)17(10-12-23)14-4-5-14/h6-9,14,17-20,25-27H,4-5,10-11,13H2,1-3H3,(H,24,29)/t17-,18?,19?,20?/m0/s1. The lowest BCUT2D eigenvalue weighted by Gasteiger charge is -2.34. The largest absolute Gasteiger partial charge is 0.368 e. The molecule has 1 amide bonds. The van der Waals surface area contributed by atoms with Crippen molar-refractivity contribution in [1.82, 2.24) is 20.5 Å². The summed E-state index contributed by atoms with van der Waals surface area (Å²) in [4.78, 5) is 12.9. The first-order chi connectivity index (χ1) is 15.1. The van der Waals surface area contributed by atoms with Gasteiger partial charge in [-0.2, -0.15) is 5.26 Å². The van der Waals surface area contributed by atoms with Crippen LogP contribution in [0.5, 0.6) is 0 Å². The van der Waals surface area contributed by atoms with Crippen molar-refractivity contribution in [1.29, 1.82) is 5.26 Å². The van der Waals surface area contributed by atoms with Crippen LogP contribution < -0.4 is 20.8 Å². The van der Waals surface area contributed by atoms with Crippen molar-refractivity contribution >= 4 is 21.6 Å². The van der Waals surface area contributed by atoms with Crippen LogP contribution in [-0.4, -0.2) is 49.7 Å². The molecular formula is C22H32N6O3S. The first-order valence-electron chi connectivity index (χ1n) is 11.2. The summed E-state index contributed by atoms with van der Waals surface area (Å²) in [5.41, 5.74) is 3.62. The van der Waals surface area contributed by atoms with Crippen LogP contribution in [0.3, 0.4) is 0 Å². The third-order valence-corrected chi connectivity index (χ3v) is 7.99. The SMILES string of the molecule is CC(C)(C)NS(=O)(=O)c1ccc(NC2NN([C@@H](CC#N)C3CC3)C3CCNC(=O)C23)cc1. The average molecular weight is 461 g/mol. The highest BCUT2D eigenvalue weighted by Crippen LogP contribution is 2.41. The molecule has 32 heavy (non-hydrogen) atoms. The number of piperidine rings is 1. The lowest BCUT2D eigenvalue weighted by molar-refractivity contribution is -0.128. The van der Waals surface area contributed by atoms with Gasteiger partial charge in [-0.1, -0.05) is 0 Å². The van der Waals surface area contributed by atoms with E-state index in [0.29, 0.717) is 18.9 Å². The Bertz CT molecular complexity index is 994. The molecule has 0 radical (unpaired) electrons. The highest BCUT2D eigenvalue weighted by atomic mass is 32.2. The van der Waals surface area contributed by atoms with Crippen molar-refractivity contribution in [2.75, 3.05) is 11.9 Å². The quantitative estimate of drug-likeness (QED) is 0.486. The van der Waals surface area contributed by atoms with Gasteiger partial charge in [-0.3, -0.25) is 4.79 Å². The third-order valence-electron chi connectivity index (χ3n) is 6.21. The van der Waals surface area contributed by atoms with E-state index < -0.39 is 15.6 Å². The summed E-state index contributed by atoms with van der Waals surface area (Å²) < 4.78 is 27.8. The fourth-order valence-electron chi connectivity index (χ4n) is 4.74. The van der Waals surface area contributed by atoms with Gasteiger partial charge in [-0.05, 0) is 70.2 Å². The number of rotatable bonds is 7. The summed E-state index contributed by atoms with van der Waals surface area (Å²) >= 11 is 0. The Hall–Kier alpha value is -2.19. The lowest BCUT2D eigenvalue weighted by atomic mass is 9.90. The van der Waals surface area contributed by atoms with Gasteiger partial charge in [-0.15, -0.1) is 0 Å². The van der Waals surface area contributed by atoms with E-state index in [1.165, 1.54) is 0 Å². The molecule has 4 atom stereocenters. The number of nitrogens with one attached hydrogen (secondary N) is 4. The first kappa shape index (κ1) is 23.0. The van der Waals surface area contributed by atoms with Gasteiger partial charge in [0, 0.05) is 29.9 Å². The maximum atomic E-state index is 12.7. The minimum atomic E-state index is -3.62. The molecule has 4 rings (SSSR count). The van der Waals surface area contributed by atoms with E-state index in [4.69, 9.17) is 0 Å². The van der Waals surface area contributed by atoms with Gasteiger partial charge in [0.2, 0.25) is 15.9 Å². The number of hydrogen-bond donors (Lipinski definition) is 4. The fraction of sp³-hybridized carbons (Fsp3) is 0.636. The smallest absolute Gasteiger partial charge is 0.241 e. The molecule has 2 saturated heterocycles. The van der Waals surface area contributed by atoms with Crippen molar-refractivity contribution in [2.24, 2.45) is 11.8 Å². The van der Waals surface area contributed by atoms with Crippen LogP contribution in [0.4, 0.5) is 5.69 Å². The number of nitriles is 1. The molecule has 3 fully saturated rings.